The van der Waals surface area contributed by atoms with E-state index in [1.165, 1.54) is 35.6 Å². The second kappa shape index (κ2) is 9.90. The molecule has 1 unspecified atom stereocenters. The number of hydrogen-bond acceptors (Lipinski definition) is 7. The van der Waals surface area contributed by atoms with Crippen LogP contribution in [-0.4, -0.2) is 33.0 Å². The molecular weight excluding hydrogens is 471 g/mol. The average Bonchev–Trinajstić information content (AvgIpc) is 3.64. The predicted molar refractivity (Wildman–Crippen MR) is 127 cm³/mol. The Bertz CT molecular complexity index is 1460. The molecular formula is C25H19FN4O4S. The van der Waals surface area contributed by atoms with Gasteiger partial charge in [-0.1, -0.05) is 29.4 Å². The fraction of sp³-hybridized carbons (Fsp3) is 0.120. The maximum Gasteiger partial charge on any atom is 0.329 e. The van der Waals surface area contributed by atoms with Gasteiger partial charge in [0.2, 0.25) is 5.82 Å². The number of fused-ring (bicyclic) bond motifs is 1. The first kappa shape index (κ1) is 22.5. The highest BCUT2D eigenvalue weighted by atomic mass is 32.1. The van der Waals surface area contributed by atoms with Gasteiger partial charge in [-0.15, -0.1) is 11.3 Å². The van der Waals surface area contributed by atoms with Crippen LogP contribution in [0.3, 0.4) is 0 Å². The van der Waals surface area contributed by atoms with E-state index in [9.17, 15) is 14.0 Å². The number of H-pyrrole nitrogens is 1. The summed E-state index contributed by atoms with van der Waals surface area (Å²) in [7, 11) is 0. The number of carbonyl (C=O) groups is 2. The van der Waals surface area contributed by atoms with Crippen molar-refractivity contribution in [2.75, 3.05) is 0 Å². The number of hydrogen-bond donors (Lipinski definition) is 2. The first-order chi connectivity index (χ1) is 17.1. The number of para-hydroxylation sites is 1. The van der Waals surface area contributed by atoms with E-state index in [1.807, 2.05) is 30.5 Å². The normalized spacial score (nSPS) is 11.9. The molecule has 3 heterocycles. The van der Waals surface area contributed by atoms with Crippen LogP contribution in [0.2, 0.25) is 0 Å². The minimum absolute atomic E-state index is 0.0769. The predicted octanol–water partition coefficient (Wildman–Crippen LogP) is 4.50. The van der Waals surface area contributed by atoms with E-state index < -0.39 is 12.0 Å². The molecule has 176 valence electrons. The van der Waals surface area contributed by atoms with Gasteiger partial charge in [-0.05, 0) is 47.3 Å². The van der Waals surface area contributed by atoms with E-state index in [-0.39, 0.29) is 36.5 Å². The number of nitrogens with one attached hydrogen (secondary N) is 2. The zero-order chi connectivity index (χ0) is 24.2. The number of carbonyl (C=O) groups excluding carboxylic acids is 2. The number of nitrogens with zero attached hydrogens (tertiary/aromatic N) is 2. The maximum atomic E-state index is 13.1. The first-order valence-corrected chi connectivity index (χ1v) is 11.6. The van der Waals surface area contributed by atoms with Crippen LogP contribution in [0.4, 0.5) is 4.39 Å². The second-order valence-electron chi connectivity index (χ2n) is 7.69. The Morgan fingerprint density at radius 3 is 2.74 bits per heavy atom. The zero-order valence-corrected chi connectivity index (χ0v) is 19.0. The first-order valence-electron chi connectivity index (χ1n) is 10.7. The van der Waals surface area contributed by atoms with E-state index in [2.05, 4.69) is 20.4 Å². The van der Waals surface area contributed by atoms with E-state index >= 15 is 0 Å². The Hall–Kier alpha value is -4.31. The number of aromatic amines is 1. The van der Waals surface area contributed by atoms with Crippen molar-refractivity contribution in [2.45, 2.75) is 19.1 Å². The average molecular weight is 491 g/mol. The van der Waals surface area contributed by atoms with Crippen molar-refractivity contribution >= 4 is 34.1 Å². The van der Waals surface area contributed by atoms with Crippen LogP contribution in [0.1, 0.15) is 21.1 Å². The summed E-state index contributed by atoms with van der Waals surface area (Å²) in [5.41, 5.74) is 2.36. The number of thiophene rings is 1. The van der Waals surface area contributed by atoms with Gasteiger partial charge in [-0.25, -0.2) is 9.18 Å². The van der Waals surface area contributed by atoms with Crippen molar-refractivity contribution in [3.8, 4) is 11.4 Å². The number of rotatable bonds is 8. The zero-order valence-electron chi connectivity index (χ0n) is 18.2. The van der Waals surface area contributed by atoms with Crippen molar-refractivity contribution in [1.82, 2.24) is 20.4 Å². The minimum Gasteiger partial charge on any atom is -0.454 e. The summed E-state index contributed by atoms with van der Waals surface area (Å²) in [5, 5.41) is 9.36. The lowest BCUT2D eigenvalue weighted by Gasteiger charge is -2.16. The number of amides is 1. The van der Waals surface area contributed by atoms with Crippen molar-refractivity contribution < 1.29 is 23.2 Å². The van der Waals surface area contributed by atoms with Crippen LogP contribution in [0, 0.1) is 5.82 Å². The third kappa shape index (κ3) is 5.12. The third-order valence-electron chi connectivity index (χ3n) is 5.34. The van der Waals surface area contributed by atoms with Gasteiger partial charge in [-0.3, -0.25) is 4.79 Å². The molecule has 0 aliphatic carbocycles. The summed E-state index contributed by atoms with van der Waals surface area (Å²) in [6.07, 6.45) is 2.04. The van der Waals surface area contributed by atoms with Crippen molar-refractivity contribution in [3.05, 3.63) is 94.4 Å². The van der Waals surface area contributed by atoms with Gasteiger partial charge in [0.1, 0.15) is 11.9 Å². The summed E-state index contributed by atoms with van der Waals surface area (Å²) in [6.45, 7) is -0.272. The fourth-order valence-electron chi connectivity index (χ4n) is 3.61. The monoisotopic (exact) mass is 490 g/mol. The van der Waals surface area contributed by atoms with Crippen molar-refractivity contribution in [1.29, 1.82) is 0 Å². The summed E-state index contributed by atoms with van der Waals surface area (Å²) < 4.78 is 23.7. The van der Waals surface area contributed by atoms with Crippen molar-refractivity contribution in [2.24, 2.45) is 0 Å². The highest BCUT2D eigenvalue weighted by Gasteiger charge is 2.26. The van der Waals surface area contributed by atoms with Crippen LogP contribution in [0.15, 0.2) is 76.8 Å². The Balaban J connectivity index is 1.30. The smallest absolute Gasteiger partial charge is 0.329 e. The molecule has 5 aromatic rings. The Labute approximate surface area is 202 Å². The van der Waals surface area contributed by atoms with E-state index in [0.717, 1.165) is 16.5 Å². The molecule has 2 N–H and O–H groups in total. The molecule has 0 aliphatic rings. The summed E-state index contributed by atoms with van der Waals surface area (Å²) in [5.74, 6) is -1.05. The maximum absolute atomic E-state index is 13.1. The van der Waals surface area contributed by atoms with Crippen LogP contribution < -0.4 is 5.32 Å². The molecule has 8 nitrogen and oxygen atoms in total. The lowest BCUT2D eigenvalue weighted by Crippen LogP contribution is -2.43. The number of ether oxygens (including phenoxy) is 1. The molecule has 0 spiro atoms. The molecule has 0 radical (unpaired) electrons. The highest BCUT2D eigenvalue weighted by Crippen LogP contribution is 2.21. The standard InChI is InChI=1S/C25H19FN4O4S/c26-17-9-7-15(8-10-17)23-29-22(34-30-23)14-33-25(32)20(28-24(31)21-6-3-11-35-21)12-16-13-27-19-5-2-1-4-18(16)19/h1-11,13,20,27H,12,14H2,(H,28,31). The molecule has 1 amide bonds. The molecule has 0 fully saturated rings. The van der Waals surface area contributed by atoms with Gasteiger partial charge in [0.05, 0.1) is 4.88 Å². The number of benzene rings is 2. The van der Waals surface area contributed by atoms with Gasteiger partial charge in [0.15, 0.2) is 6.61 Å². The molecule has 0 bridgehead atoms. The lowest BCUT2D eigenvalue weighted by atomic mass is 10.0. The van der Waals surface area contributed by atoms with E-state index in [1.54, 1.807) is 17.5 Å². The molecule has 1 atom stereocenters. The largest absolute Gasteiger partial charge is 0.454 e. The minimum atomic E-state index is -0.941. The van der Waals surface area contributed by atoms with Crippen LogP contribution in [0.5, 0.6) is 0 Å². The second-order valence-corrected chi connectivity index (χ2v) is 8.64. The van der Waals surface area contributed by atoms with Gasteiger partial charge in [0.25, 0.3) is 11.8 Å². The van der Waals surface area contributed by atoms with Crippen LogP contribution in [0.25, 0.3) is 22.3 Å². The Morgan fingerprint density at radius 1 is 1.11 bits per heavy atom. The number of aromatic nitrogens is 3. The molecule has 0 aliphatic heterocycles. The lowest BCUT2D eigenvalue weighted by molar-refractivity contribution is -0.148. The SMILES string of the molecule is O=C(NC(Cc1c[nH]c2ccccc12)C(=O)OCc1nc(-c2ccc(F)cc2)no1)c1cccs1. The topological polar surface area (TPSA) is 110 Å². The molecule has 5 rings (SSSR count). The van der Waals surface area contributed by atoms with Gasteiger partial charge >= 0.3 is 5.97 Å². The summed E-state index contributed by atoms with van der Waals surface area (Å²) in [4.78, 5) is 33.6. The van der Waals surface area contributed by atoms with Crippen LogP contribution in [-0.2, 0) is 22.6 Å². The molecule has 2 aromatic carbocycles. The van der Waals surface area contributed by atoms with Gasteiger partial charge < -0.3 is 19.6 Å². The summed E-state index contributed by atoms with van der Waals surface area (Å²) in [6, 6.07) is 15.8. The Morgan fingerprint density at radius 2 is 1.94 bits per heavy atom. The quantitative estimate of drug-likeness (QED) is 0.310. The highest BCUT2D eigenvalue weighted by molar-refractivity contribution is 7.12. The molecule has 35 heavy (non-hydrogen) atoms. The van der Waals surface area contributed by atoms with E-state index in [0.29, 0.717) is 10.4 Å². The van der Waals surface area contributed by atoms with Gasteiger partial charge in [-0.2, -0.15) is 4.98 Å². The van der Waals surface area contributed by atoms with E-state index in [4.69, 9.17) is 9.26 Å². The molecule has 0 saturated heterocycles. The molecule has 3 aromatic heterocycles. The number of halogens is 1. The third-order valence-corrected chi connectivity index (χ3v) is 6.21. The summed E-state index contributed by atoms with van der Waals surface area (Å²) >= 11 is 1.28. The van der Waals surface area contributed by atoms with Crippen molar-refractivity contribution in [3.63, 3.8) is 0 Å². The molecule has 10 heteroatoms. The molecule has 0 saturated carbocycles. The van der Waals surface area contributed by atoms with Gasteiger partial charge in [0, 0.05) is 29.1 Å². The number of esters is 1. The Kier molecular flexibility index (Phi) is 6.36. The fourth-order valence-corrected chi connectivity index (χ4v) is 4.24. The van der Waals surface area contributed by atoms with Crippen LogP contribution >= 0.6 is 11.3 Å².